The number of fused-ring (bicyclic) bond motifs is 8. The molecule has 16 rings (SSSR count). The van der Waals surface area contributed by atoms with Crippen LogP contribution in [-0.2, 0) is 49.9 Å². The maximum Gasteiger partial charge on any atom is 0.177 e. The Labute approximate surface area is 644 Å². The maximum absolute atomic E-state index is 5.10. The molecule has 0 saturated heterocycles. The molecule has 16 heteroatoms. The summed E-state index contributed by atoms with van der Waals surface area (Å²) in [4.78, 5) is 27.8. The van der Waals surface area contributed by atoms with Crippen LogP contribution in [0.15, 0.2) is 209 Å². The summed E-state index contributed by atoms with van der Waals surface area (Å²) >= 11 is 3.27. The van der Waals surface area contributed by atoms with Gasteiger partial charge < -0.3 is 14.5 Å². The number of imidazole rings is 1. The fraction of sp³-hybridized carbons (Fsp3) is 0.385. The third-order valence-corrected chi connectivity index (χ3v) is 19.6. The molecule has 564 valence electrons. The van der Waals surface area contributed by atoms with E-state index < -0.39 is 0 Å². The van der Waals surface area contributed by atoms with Crippen molar-refractivity contribution in [3.8, 4) is 0 Å². The average molecular weight is 1470 g/mol. The second kappa shape index (κ2) is 34.5. The van der Waals surface area contributed by atoms with Crippen molar-refractivity contribution < 1.29 is 4.52 Å². The average Bonchev–Trinajstić information content (AvgIpc) is 1.73. The van der Waals surface area contributed by atoms with Crippen LogP contribution in [0.2, 0.25) is 0 Å². The Bertz CT molecular complexity index is 4810. The van der Waals surface area contributed by atoms with E-state index in [0.717, 1.165) is 62.3 Å². The van der Waals surface area contributed by atoms with Crippen LogP contribution in [-0.4, -0.2) is 54.6 Å². The predicted octanol–water partition coefficient (Wildman–Crippen LogP) is 26.7. The van der Waals surface area contributed by atoms with Gasteiger partial charge in [0.25, 0.3) is 0 Å². The molecule has 9 heterocycles. The zero-order chi connectivity index (χ0) is 76.5. The Kier molecular flexibility index (Phi) is 27.3. The van der Waals surface area contributed by atoms with E-state index in [0.29, 0.717) is 0 Å². The minimum absolute atomic E-state index is 0. The molecule has 1 aliphatic heterocycles. The van der Waals surface area contributed by atoms with Crippen LogP contribution in [0, 0.1) is 0 Å². The number of hydrogen-bond acceptors (Lipinski definition) is 13. The summed E-state index contributed by atoms with van der Waals surface area (Å²) in [7, 11) is 0. The zero-order valence-corrected chi connectivity index (χ0v) is 68.0. The van der Waals surface area contributed by atoms with Crippen molar-refractivity contribution in [1.29, 1.82) is 0 Å². The van der Waals surface area contributed by atoms with E-state index >= 15 is 0 Å². The third kappa shape index (κ3) is 23.4. The van der Waals surface area contributed by atoms with Crippen molar-refractivity contribution in [3.05, 3.63) is 245 Å². The van der Waals surface area contributed by atoms with E-state index in [-0.39, 0.29) is 58.2 Å². The predicted molar refractivity (Wildman–Crippen MR) is 459 cm³/mol. The van der Waals surface area contributed by atoms with Crippen LogP contribution in [0.5, 0.6) is 0 Å². The third-order valence-electron chi connectivity index (χ3n) is 18.0. The van der Waals surface area contributed by atoms with Crippen LogP contribution < -0.4 is 0 Å². The lowest BCUT2D eigenvalue weighted by atomic mass is 9.86. The number of benzene rings is 7. The molecule has 0 radical (unpaired) electrons. The SMILES string of the molecule is C.C.CC(C)(C)c1ccc2[nH]ccc2c1.CC(C)(C)c1ccc2[nH]ncc2c1.CC(C)(C)c1ccc2c(c1)CN=N2.CC(C)(C)c1ccc2cnoc2c1.CC(C)(C)c1ccc2cnsc2c1.CC(C)(C)c1ccc2nccnc2c1.CC(C)(C)c1ccc2ncsc2c1.CC(C)(C)c1nc2ncccc2[nH]1. The van der Waals surface area contributed by atoms with Gasteiger partial charge in [-0.25, -0.2) is 15.0 Å². The maximum atomic E-state index is 5.10. The van der Waals surface area contributed by atoms with E-state index in [1.54, 1.807) is 47.7 Å². The first-order valence-electron chi connectivity index (χ1n) is 36.2. The minimum Gasteiger partial charge on any atom is -0.361 e. The molecule has 0 unspecified atom stereocenters. The summed E-state index contributed by atoms with van der Waals surface area (Å²) in [5.74, 6) is 0.987. The zero-order valence-electron chi connectivity index (χ0n) is 66.4. The number of nitrogens with zero attached hydrogens (tertiary/aromatic N) is 10. The first kappa shape index (κ1) is 84.6. The molecular formula is C91H117N13OS2. The van der Waals surface area contributed by atoms with Crippen molar-refractivity contribution in [3.63, 3.8) is 0 Å². The van der Waals surface area contributed by atoms with Crippen LogP contribution in [0.25, 0.3) is 75.3 Å². The smallest absolute Gasteiger partial charge is 0.177 e. The molecule has 0 spiro atoms. The van der Waals surface area contributed by atoms with Gasteiger partial charge >= 0.3 is 0 Å². The van der Waals surface area contributed by atoms with E-state index in [9.17, 15) is 0 Å². The van der Waals surface area contributed by atoms with Crippen molar-refractivity contribution in [2.45, 2.75) is 231 Å². The summed E-state index contributed by atoms with van der Waals surface area (Å²) in [5.41, 5.74) is 23.2. The molecule has 7 aromatic carbocycles. The molecule has 0 fully saturated rings. The summed E-state index contributed by atoms with van der Waals surface area (Å²) in [6.07, 6.45) is 12.7. The van der Waals surface area contributed by atoms with Crippen LogP contribution in [0.1, 0.15) is 231 Å². The molecule has 15 aromatic rings. The number of aromatic nitrogens is 11. The van der Waals surface area contributed by atoms with Crippen molar-refractivity contribution in [2.75, 3.05) is 0 Å². The highest BCUT2D eigenvalue weighted by atomic mass is 32.1. The number of thiazole rings is 1. The number of rotatable bonds is 0. The molecular weight excluding hydrogens is 1360 g/mol. The lowest BCUT2D eigenvalue weighted by Crippen LogP contribution is -2.12. The number of nitrogens with one attached hydrogen (secondary N) is 3. The first-order chi connectivity index (χ1) is 49.1. The number of H-pyrrole nitrogens is 3. The molecule has 0 atom stereocenters. The van der Waals surface area contributed by atoms with E-state index in [1.165, 1.54) is 75.6 Å². The van der Waals surface area contributed by atoms with Gasteiger partial charge in [0.15, 0.2) is 11.2 Å². The van der Waals surface area contributed by atoms with Crippen LogP contribution in [0.3, 0.4) is 0 Å². The Morgan fingerprint density at radius 1 is 0.402 bits per heavy atom. The minimum atomic E-state index is 0. The van der Waals surface area contributed by atoms with Gasteiger partial charge in [-0.1, -0.05) is 241 Å². The normalized spacial score (nSPS) is 12.3. The molecule has 0 amide bonds. The number of azo groups is 1. The number of pyridine rings is 1. The van der Waals surface area contributed by atoms with E-state index in [4.69, 9.17) is 4.52 Å². The Hall–Kier alpha value is -9.64. The quantitative estimate of drug-likeness (QED) is 0.133. The molecule has 3 N–H and O–H groups in total. The lowest BCUT2D eigenvalue weighted by molar-refractivity contribution is 0.455. The molecule has 0 bridgehead atoms. The van der Waals surface area contributed by atoms with Crippen LogP contribution >= 0.6 is 22.9 Å². The highest BCUT2D eigenvalue weighted by Crippen LogP contribution is 2.35. The van der Waals surface area contributed by atoms with E-state index in [1.807, 2.05) is 48.4 Å². The Morgan fingerprint density at radius 3 is 1.54 bits per heavy atom. The largest absolute Gasteiger partial charge is 0.361 e. The van der Waals surface area contributed by atoms with Gasteiger partial charge in [0.05, 0.1) is 67.1 Å². The van der Waals surface area contributed by atoms with Gasteiger partial charge in [-0.05, 0) is 185 Å². The monoisotopic (exact) mass is 1470 g/mol. The summed E-state index contributed by atoms with van der Waals surface area (Å²) in [5, 5.41) is 23.5. The molecule has 0 aliphatic carbocycles. The van der Waals surface area contributed by atoms with Gasteiger partial charge in [-0.2, -0.15) is 19.7 Å². The topological polar surface area (TPSA) is 188 Å². The van der Waals surface area contributed by atoms with Crippen molar-refractivity contribution in [1.82, 2.24) is 54.6 Å². The molecule has 0 saturated carbocycles. The molecule has 8 aromatic heterocycles. The second-order valence-corrected chi connectivity index (χ2v) is 36.8. The lowest BCUT2D eigenvalue weighted by Gasteiger charge is -2.19. The fourth-order valence-electron chi connectivity index (χ4n) is 11.0. The standard InChI is InChI=1S/C12H14N2.C12H15N.2C11H14N2.C11H13NO.2C11H13NS.C10H13N3.2CH4/c1-12(2,3)9-4-5-10-11(8-9)14-7-6-13-10;1-12(2,3)10-4-5-11-9(8-10)6-7-13-11;2*1-11(2,3)9-4-5-10-8(6-9)7-12-13-10;2*1-11(2,3)9-5-4-8-7-12-13-10(8)6-9;1-11(2,3)8-4-5-9-10(6-8)13-7-12-9;1-10(2,3)9-12-7-5-4-6-11-8(7)13-9;;/h4-8H,1-3H3;4-8,13H,1-3H3;4-6H,7H2,1-3H3;4-7H,1-3H3,(H,12,13);3*4-7H,1-3H3;4-6H,1-3H3,(H,11,12,13);2*1H4. The number of aromatic amines is 3. The summed E-state index contributed by atoms with van der Waals surface area (Å²) in [6.45, 7) is 53.7. The summed E-state index contributed by atoms with van der Waals surface area (Å²) in [6, 6.07) is 51.1. The molecule has 14 nitrogen and oxygen atoms in total. The second-order valence-electron chi connectivity index (χ2n) is 35.1. The van der Waals surface area contributed by atoms with Crippen LogP contribution in [0.4, 0.5) is 5.69 Å². The number of hydrogen-bond donors (Lipinski definition) is 3. The van der Waals surface area contributed by atoms with Gasteiger partial charge in [0, 0.05) is 63.6 Å². The Morgan fingerprint density at radius 2 is 0.925 bits per heavy atom. The molecule has 1 aliphatic rings. The van der Waals surface area contributed by atoms with Gasteiger partial charge in [-0.15, -0.1) is 11.3 Å². The van der Waals surface area contributed by atoms with Gasteiger partial charge in [-0.3, -0.25) is 15.1 Å². The van der Waals surface area contributed by atoms with E-state index in [2.05, 4.69) is 352 Å². The highest BCUT2D eigenvalue weighted by Gasteiger charge is 2.22. The summed E-state index contributed by atoms with van der Waals surface area (Å²) < 4.78 is 11.8. The van der Waals surface area contributed by atoms with Gasteiger partial charge in [0.1, 0.15) is 5.82 Å². The molecule has 107 heavy (non-hydrogen) atoms. The fourth-order valence-corrected chi connectivity index (χ4v) is 12.4. The van der Waals surface area contributed by atoms with Gasteiger partial charge in [0.2, 0.25) is 0 Å². The van der Waals surface area contributed by atoms with Crippen molar-refractivity contribution in [2.24, 2.45) is 10.2 Å². The first-order valence-corrected chi connectivity index (χ1v) is 37.8. The van der Waals surface area contributed by atoms with Crippen molar-refractivity contribution >= 4 is 104 Å². The highest BCUT2D eigenvalue weighted by molar-refractivity contribution is 7.16. The Balaban J connectivity index is 0.000000170.